The van der Waals surface area contributed by atoms with Gasteiger partial charge >= 0.3 is 0 Å². The Morgan fingerprint density at radius 3 is 2.50 bits per heavy atom. The molecule has 1 aromatic rings. The third kappa shape index (κ3) is 3.46. The molecular formula is C18H23Cl2N2O2+. The highest BCUT2D eigenvalue weighted by atomic mass is 35.5. The third-order valence-corrected chi connectivity index (χ3v) is 5.96. The van der Waals surface area contributed by atoms with Crippen molar-refractivity contribution in [3.8, 4) is 0 Å². The average Bonchev–Trinajstić information content (AvgIpc) is 2.76. The van der Waals surface area contributed by atoms with Crippen molar-refractivity contribution >= 4 is 35.0 Å². The van der Waals surface area contributed by atoms with Crippen molar-refractivity contribution in [2.45, 2.75) is 45.1 Å². The van der Waals surface area contributed by atoms with Gasteiger partial charge in [0, 0.05) is 12.0 Å². The molecule has 1 heterocycles. The van der Waals surface area contributed by atoms with Crippen molar-refractivity contribution in [1.29, 1.82) is 0 Å². The number of carbonyl (C=O) groups is 2. The standard InChI is InChI=1S/C18H22Cl2N2O2/c1-21(11-13-5-6-14(19)15(20)9-13)12-22-16(23)10-18(17(22)24)7-3-2-4-8-18/h5-6,9H,2-4,7-8,10-12H2,1H3/p+1. The molecule has 1 unspecified atom stereocenters. The molecule has 4 nitrogen and oxygen atoms in total. The monoisotopic (exact) mass is 369 g/mol. The number of imide groups is 1. The molecule has 130 valence electrons. The summed E-state index contributed by atoms with van der Waals surface area (Å²) in [4.78, 5) is 27.8. The molecule has 1 aromatic carbocycles. The van der Waals surface area contributed by atoms with Gasteiger partial charge in [-0.25, -0.2) is 4.90 Å². The van der Waals surface area contributed by atoms with E-state index in [1.165, 1.54) is 11.3 Å². The number of carbonyl (C=O) groups excluding carboxylic acids is 2. The van der Waals surface area contributed by atoms with E-state index in [1.807, 2.05) is 19.2 Å². The Labute approximate surface area is 152 Å². The molecule has 0 aromatic heterocycles. The summed E-state index contributed by atoms with van der Waals surface area (Å²) < 4.78 is 0. The van der Waals surface area contributed by atoms with Crippen molar-refractivity contribution in [1.82, 2.24) is 4.90 Å². The fourth-order valence-electron chi connectivity index (χ4n) is 3.96. The van der Waals surface area contributed by atoms with Crippen LogP contribution in [0.15, 0.2) is 18.2 Å². The quantitative estimate of drug-likeness (QED) is 0.828. The number of likely N-dealkylation sites (tertiary alicyclic amines) is 1. The number of benzene rings is 1. The molecule has 1 spiro atoms. The zero-order valence-corrected chi connectivity index (χ0v) is 15.4. The summed E-state index contributed by atoms with van der Waals surface area (Å²) in [6, 6.07) is 5.54. The van der Waals surface area contributed by atoms with Crippen LogP contribution in [0.2, 0.25) is 10.0 Å². The first-order valence-corrected chi connectivity index (χ1v) is 9.27. The van der Waals surface area contributed by atoms with Gasteiger partial charge in [0.2, 0.25) is 11.8 Å². The zero-order chi connectivity index (χ0) is 17.3. The molecule has 2 aliphatic rings. The van der Waals surface area contributed by atoms with Crippen LogP contribution in [0.4, 0.5) is 0 Å². The van der Waals surface area contributed by atoms with Crippen LogP contribution >= 0.6 is 23.2 Å². The first-order chi connectivity index (χ1) is 11.4. The normalized spacial score (nSPS) is 21.5. The molecule has 1 N–H and O–H groups in total. The molecule has 1 atom stereocenters. The predicted octanol–water partition coefficient (Wildman–Crippen LogP) is 2.68. The van der Waals surface area contributed by atoms with Gasteiger partial charge in [0.25, 0.3) is 0 Å². The Morgan fingerprint density at radius 1 is 1.12 bits per heavy atom. The van der Waals surface area contributed by atoms with Gasteiger partial charge in [-0.15, -0.1) is 0 Å². The highest BCUT2D eigenvalue weighted by Gasteiger charge is 2.52. The van der Waals surface area contributed by atoms with Gasteiger partial charge in [-0.3, -0.25) is 9.59 Å². The number of rotatable bonds is 4. The maximum Gasteiger partial charge on any atom is 0.240 e. The largest absolute Gasteiger partial charge is 0.316 e. The van der Waals surface area contributed by atoms with E-state index in [0.717, 1.165) is 36.1 Å². The number of nitrogens with zero attached hydrogens (tertiary/aromatic N) is 1. The number of halogens is 2. The summed E-state index contributed by atoms with van der Waals surface area (Å²) in [7, 11) is 1.98. The number of hydrogen-bond donors (Lipinski definition) is 1. The van der Waals surface area contributed by atoms with Crippen LogP contribution in [-0.4, -0.2) is 30.4 Å². The van der Waals surface area contributed by atoms with Crippen LogP contribution in [0.5, 0.6) is 0 Å². The van der Waals surface area contributed by atoms with Gasteiger partial charge in [0.1, 0.15) is 6.54 Å². The molecule has 24 heavy (non-hydrogen) atoms. The molecule has 1 aliphatic heterocycles. The summed E-state index contributed by atoms with van der Waals surface area (Å²) >= 11 is 12.0. The van der Waals surface area contributed by atoms with Gasteiger partial charge in [-0.2, -0.15) is 0 Å². The van der Waals surface area contributed by atoms with Crippen LogP contribution in [-0.2, 0) is 16.1 Å². The van der Waals surface area contributed by atoms with Crippen molar-refractivity contribution in [3.05, 3.63) is 33.8 Å². The number of hydrogen-bond acceptors (Lipinski definition) is 2. The number of amides is 2. The van der Waals surface area contributed by atoms with E-state index >= 15 is 0 Å². The van der Waals surface area contributed by atoms with Crippen LogP contribution in [0, 0.1) is 5.41 Å². The van der Waals surface area contributed by atoms with Gasteiger partial charge in [-0.1, -0.05) is 48.5 Å². The highest BCUT2D eigenvalue weighted by molar-refractivity contribution is 6.42. The molecule has 2 fully saturated rings. The Bertz CT molecular complexity index is 656. The van der Waals surface area contributed by atoms with E-state index in [2.05, 4.69) is 0 Å². The Balaban J connectivity index is 1.65. The highest BCUT2D eigenvalue weighted by Crippen LogP contribution is 2.44. The summed E-state index contributed by atoms with van der Waals surface area (Å²) in [6.45, 7) is 1.08. The van der Waals surface area contributed by atoms with Crippen molar-refractivity contribution in [3.63, 3.8) is 0 Å². The zero-order valence-electron chi connectivity index (χ0n) is 13.9. The first-order valence-electron chi connectivity index (χ1n) is 8.51. The Morgan fingerprint density at radius 2 is 1.83 bits per heavy atom. The SMILES string of the molecule is C[NH+](Cc1ccc(Cl)c(Cl)c1)CN1C(=O)CC2(CCCCC2)C1=O. The van der Waals surface area contributed by atoms with Crippen molar-refractivity contribution in [2.24, 2.45) is 5.41 Å². The van der Waals surface area contributed by atoms with Gasteiger partial charge < -0.3 is 4.90 Å². The summed E-state index contributed by atoms with van der Waals surface area (Å²) in [5, 5.41) is 1.05. The molecule has 0 radical (unpaired) electrons. The lowest BCUT2D eigenvalue weighted by Gasteiger charge is -2.30. The minimum atomic E-state index is -0.404. The van der Waals surface area contributed by atoms with E-state index < -0.39 is 5.41 Å². The maximum absolute atomic E-state index is 12.8. The Kier molecular flexibility index (Phi) is 5.19. The average molecular weight is 370 g/mol. The second-order valence-corrected chi connectivity index (χ2v) is 8.00. The van der Waals surface area contributed by atoms with Crippen LogP contribution in [0.1, 0.15) is 44.1 Å². The molecule has 2 amide bonds. The summed E-state index contributed by atoms with van der Waals surface area (Å²) in [5.74, 6) is 0.0241. The second kappa shape index (κ2) is 7.03. The third-order valence-electron chi connectivity index (χ3n) is 5.22. The fraction of sp³-hybridized carbons (Fsp3) is 0.556. The maximum atomic E-state index is 12.8. The minimum absolute atomic E-state index is 0.0182. The van der Waals surface area contributed by atoms with Crippen molar-refractivity contribution in [2.75, 3.05) is 13.7 Å². The molecule has 1 aliphatic carbocycles. The first kappa shape index (κ1) is 17.7. The number of nitrogens with one attached hydrogen (secondary N) is 1. The molecule has 0 bridgehead atoms. The molecular weight excluding hydrogens is 347 g/mol. The summed E-state index contributed by atoms with van der Waals surface area (Å²) in [6.07, 6.45) is 5.40. The van der Waals surface area contributed by atoms with Crippen LogP contribution in [0.25, 0.3) is 0 Å². The van der Waals surface area contributed by atoms with E-state index in [0.29, 0.717) is 29.7 Å². The smallest absolute Gasteiger partial charge is 0.240 e. The van der Waals surface area contributed by atoms with Gasteiger partial charge in [0.05, 0.1) is 22.5 Å². The lowest BCUT2D eigenvalue weighted by Crippen LogP contribution is -3.09. The molecule has 6 heteroatoms. The van der Waals surface area contributed by atoms with Crippen LogP contribution < -0.4 is 4.90 Å². The lowest BCUT2D eigenvalue weighted by molar-refractivity contribution is -0.901. The van der Waals surface area contributed by atoms with E-state index in [9.17, 15) is 9.59 Å². The Hall–Kier alpha value is -1.10. The van der Waals surface area contributed by atoms with Crippen molar-refractivity contribution < 1.29 is 14.5 Å². The second-order valence-electron chi connectivity index (χ2n) is 7.19. The number of quaternary nitrogens is 1. The van der Waals surface area contributed by atoms with Gasteiger partial charge in [-0.05, 0) is 25.0 Å². The molecule has 3 rings (SSSR count). The lowest BCUT2D eigenvalue weighted by atomic mass is 9.73. The molecule has 1 saturated carbocycles. The predicted molar refractivity (Wildman–Crippen MR) is 93.9 cm³/mol. The van der Waals surface area contributed by atoms with Gasteiger partial charge in [0.15, 0.2) is 6.67 Å². The van der Waals surface area contributed by atoms with E-state index in [1.54, 1.807) is 6.07 Å². The fourth-order valence-corrected chi connectivity index (χ4v) is 4.28. The van der Waals surface area contributed by atoms with E-state index in [4.69, 9.17) is 23.2 Å². The summed E-state index contributed by atoms with van der Waals surface area (Å²) in [5.41, 5.74) is 0.632. The topological polar surface area (TPSA) is 41.8 Å². The minimum Gasteiger partial charge on any atom is -0.316 e. The molecule has 1 saturated heterocycles. The van der Waals surface area contributed by atoms with E-state index in [-0.39, 0.29) is 11.8 Å². The van der Waals surface area contributed by atoms with Crippen LogP contribution in [0.3, 0.4) is 0 Å².